The van der Waals surface area contributed by atoms with Crippen LogP contribution in [0.5, 0.6) is 5.75 Å². The van der Waals surface area contributed by atoms with E-state index in [4.69, 9.17) is 9.47 Å². The second-order valence-electron chi connectivity index (χ2n) is 8.91. The van der Waals surface area contributed by atoms with Crippen molar-refractivity contribution in [3.05, 3.63) is 53.5 Å². The Kier molecular flexibility index (Phi) is 10.3. The number of nitrogens with zero attached hydrogens (tertiary/aromatic N) is 6. The molecule has 1 aliphatic heterocycles. The summed E-state index contributed by atoms with van der Waals surface area (Å²) in [4.78, 5) is 35.9. The average molecular weight is 543 g/mol. The molecule has 1 aromatic carbocycles. The fourth-order valence-corrected chi connectivity index (χ4v) is 4.20. The number of aromatic nitrogens is 5. The standard InChI is InChI=1S/C25H31FN8O4.CH4/c1-4-38-25(36)18-15-34(32-31-18)19-5-6-20(37-3)21(26)17(19)14-30-24(35)22-23(28-10-9-27-22)29-13-16-7-11-33(2)12-8-16;/h5-6,9-10,15-16H,4,7-8,11-14H2,1-3H3,(H,28,29)(H,30,35);1H4. The predicted octanol–water partition coefficient (Wildman–Crippen LogP) is 2.70. The summed E-state index contributed by atoms with van der Waals surface area (Å²) >= 11 is 0. The number of rotatable bonds is 10. The third-order valence-electron chi connectivity index (χ3n) is 6.36. The van der Waals surface area contributed by atoms with Gasteiger partial charge in [-0.25, -0.2) is 23.8 Å². The van der Waals surface area contributed by atoms with E-state index in [0.29, 0.717) is 18.3 Å². The summed E-state index contributed by atoms with van der Waals surface area (Å²) in [5, 5.41) is 13.7. The van der Waals surface area contributed by atoms with E-state index in [9.17, 15) is 9.59 Å². The molecular formula is C26H35FN8O4. The highest BCUT2D eigenvalue weighted by molar-refractivity contribution is 5.96. The average Bonchev–Trinajstić information content (AvgIpc) is 3.42. The number of nitrogens with one attached hydrogen (secondary N) is 2. The predicted molar refractivity (Wildman–Crippen MR) is 142 cm³/mol. The number of methoxy groups -OCH3 is 1. The lowest BCUT2D eigenvalue weighted by atomic mass is 9.97. The Balaban J connectivity index is 0.00000420. The van der Waals surface area contributed by atoms with Crippen LogP contribution in [0.15, 0.2) is 30.7 Å². The van der Waals surface area contributed by atoms with Gasteiger partial charge in [0.15, 0.2) is 28.8 Å². The van der Waals surface area contributed by atoms with E-state index in [1.54, 1.807) is 13.0 Å². The number of benzene rings is 1. The number of likely N-dealkylation sites (tertiary alicyclic amines) is 1. The highest BCUT2D eigenvalue weighted by atomic mass is 19.1. The maximum Gasteiger partial charge on any atom is 0.360 e. The molecule has 210 valence electrons. The van der Waals surface area contributed by atoms with Gasteiger partial charge < -0.3 is 25.0 Å². The van der Waals surface area contributed by atoms with Crippen LogP contribution in [0.4, 0.5) is 10.2 Å². The van der Waals surface area contributed by atoms with Crippen LogP contribution in [0, 0.1) is 11.7 Å². The third kappa shape index (κ3) is 7.05. The fourth-order valence-electron chi connectivity index (χ4n) is 4.20. The van der Waals surface area contributed by atoms with Gasteiger partial charge >= 0.3 is 5.97 Å². The van der Waals surface area contributed by atoms with Gasteiger partial charge in [0.05, 0.1) is 25.6 Å². The number of halogens is 1. The Morgan fingerprint density at radius 1 is 1.18 bits per heavy atom. The zero-order valence-electron chi connectivity index (χ0n) is 21.6. The molecule has 13 heteroatoms. The van der Waals surface area contributed by atoms with Gasteiger partial charge in [-0.2, -0.15) is 0 Å². The number of hydrogen-bond donors (Lipinski definition) is 2. The Hall–Kier alpha value is -4.13. The summed E-state index contributed by atoms with van der Waals surface area (Å²) in [7, 11) is 3.45. The van der Waals surface area contributed by atoms with Crippen LogP contribution >= 0.6 is 0 Å². The molecule has 0 spiro atoms. The maximum absolute atomic E-state index is 15.3. The van der Waals surface area contributed by atoms with Gasteiger partial charge in [0, 0.05) is 31.0 Å². The summed E-state index contributed by atoms with van der Waals surface area (Å²) in [6.45, 7) is 4.38. The lowest BCUT2D eigenvalue weighted by molar-refractivity contribution is 0.0519. The highest BCUT2D eigenvalue weighted by Gasteiger charge is 2.22. The van der Waals surface area contributed by atoms with Crippen LogP contribution in [0.1, 0.15) is 53.7 Å². The van der Waals surface area contributed by atoms with E-state index in [1.165, 1.54) is 36.4 Å². The van der Waals surface area contributed by atoms with Crippen molar-refractivity contribution in [1.82, 2.24) is 35.2 Å². The van der Waals surface area contributed by atoms with Crippen molar-refractivity contribution < 1.29 is 23.5 Å². The number of amides is 1. The molecule has 1 fully saturated rings. The van der Waals surface area contributed by atoms with E-state index < -0.39 is 17.7 Å². The maximum atomic E-state index is 15.3. The molecule has 2 aromatic heterocycles. The number of carbonyl (C=O) groups excluding carboxylic acids is 2. The van der Waals surface area contributed by atoms with E-state index in [-0.39, 0.29) is 49.0 Å². The minimum absolute atomic E-state index is 0. The molecule has 12 nitrogen and oxygen atoms in total. The molecular weight excluding hydrogens is 507 g/mol. The molecule has 1 amide bonds. The second-order valence-corrected chi connectivity index (χ2v) is 8.91. The monoisotopic (exact) mass is 542 g/mol. The molecule has 4 rings (SSSR count). The molecule has 1 saturated heterocycles. The van der Waals surface area contributed by atoms with Gasteiger partial charge in [-0.05, 0) is 58.0 Å². The molecule has 0 radical (unpaired) electrons. The van der Waals surface area contributed by atoms with Crippen LogP contribution < -0.4 is 15.4 Å². The van der Waals surface area contributed by atoms with Crippen LogP contribution in [0.3, 0.4) is 0 Å². The van der Waals surface area contributed by atoms with E-state index in [2.05, 4.69) is 42.9 Å². The van der Waals surface area contributed by atoms with Gasteiger partial charge in [-0.1, -0.05) is 12.6 Å². The summed E-state index contributed by atoms with van der Waals surface area (Å²) in [5.74, 6) is -1.03. The van der Waals surface area contributed by atoms with E-state index in [1.807, 2.05) is 0 Å². The van der Waals surface area contributed by atoms with Crippen molar-refractivity contribution in [2.24, 2.45) is 5.92 Å². The number of esters is 1. The molecule has 2 N–H and O–H groups in total. The molecule has 0 unspecified atom stereocenters. The summed E-state index contributed by atoms with van der Waals surface area (Å²) in [6.07, 6.45) is 6.39. The van der Waals surface area contributed by atoms with Crippen LogP contribution in [0.25, 0.3) is 5.69 Å². The van der Waals surface area contributed by atoms with Crippen molar-refractivity contribution in [2.75, 3.05) is 45.7 Å². The number of hydrogen-bond acceptors (Lipinski definition) is 10. The van der Waals surface area contributed by atoms with E-state index >= 15 is 4.39 Å². The Labute approximate surface area is 226 Å². The number of anilines is 1. The second kappa shape index (κ2) is 13.6. The third-order valence-corrected chi connectivity index (χ3v) is 6.36. The van der Waals surface area contributed by atoms with Gasteiger partial charge in [0.2, 0.25) is 0 Å². The SMILES string of the molecule is C.CCOC(=O)c1cn(-c2ccc(OC)c(F)c2CNC(=O)c2nccnc2NCC2CCN(C)CC2)nn1. The molecule has 0 aliphatic carbocycles. The molecule has 0 bridgehead atoms. The zero-order valence-corrected chi connectivity index (χ0v) is 21.6. The fraction of sp³-hybridized carbons (Fsp3) is 0.462. The number of carbonyl (C=O) groups is 2. The summed E-state index contributed by atoms with van der Waals surface area (Å²) < 4.78 is 26.6. The first-order chi connectivity index (χ1) is 18.4. The minimum Gasteiger partial charge on any atom is -0.494 e. The lowest BCUT2D eigenvalue weighted by Gasteiger charge is -2.29. The quantitative estimate of drug-likeness (QED) is 0.368. The van der Waals surface area contributed by atoms with Crippen molar-refractivity contribution in [3.63, 3.8) is 0 Å². The smallest absolute Gasteiger partial charge is 0.360 e. The molecule has 3 aromatic rings. The van der Waals surface area contributed by atoms with Crippen LogP contribution in [-0.4, -0.2) is 82.1 Å². The minimum atomic E-state index is -0.682. The molecule has 39 heavy (non-hydrogen) atoms. The van der Waals surface area contributed by atoms with Gasteiger partial charge in [0.1, 0.15) is 0 Å². The highest BCUT2D eigenvalue weighted by Crippen LogP contribution is 2.26. The van der Waals surface area contributed by atoms with Crippen molar-refractivity contribution in [2.45, 2.75) is 33.7 Å². The Morgan fingerprint density at radius 3 is 2.64 bits per heavy atom. The van der Waals surface area contributed by atoms with Crippen LogP contribution in [0.2, 0.25) is 0 Å². The molecule has 1 aliphatic rings. The van der Waals surface area contributed by atoms with Gasteiger partial charge in [-0.3, -0.25) is 4.79 Å². The van der Waals surface area contributed by atoms with Crippen molar-refractivity contribution in [3.8, 4) is 11.4 Å². The Morgan fingerprint density at radius 2 is 1.92 bits per heavy atom. The Bertz CT molecular complexity index is 1280. The van der Waals surface area contributed by atoms with Crippen molar-refractivity contribution in [1.29, 1.82) is 0 Å². The first-order valence-electron chi connectivity index (χ1n) is 12.4. The molecule has 3 heterocycles. The molecule has 0 saturated carbocycles. The zero-order chi connectivity index (χ0) is 27.1. The number of ether oxygens (including phenoxy) is 2. The lowest BCUT2D eigenvalue weighted by Crippen LogP contribution is -2.33. The van der Waals surface area contributed by atoms with Gasteiger partial charge in [0.25, 0.3) is 5.91 Å². The normalized spacial score (nSPS) is 13.8. The number of piperidine rings is 1. The summed E-state index contributed by atoms with van der Waals surface area (Å²) in [5.41, 5.74) is 0.433. The largest absolute Gasteiger partial charge is 0.494 e. The summed E-state index contributed by atoms with van der Waals surface area (Å²) in [6, 6.07) is 2.99. The van der Waals surface area contributed by atoms with Gasteiger partial charge in [-0.15, -0.1) is 5.10 Å². The van der Waals surface area contributed by atoms with Crippen LogP contribution in [-0.2, 0) is 11.3 Å². The first kappa shape index (κ1) is 29.4. The first-order valence-corrected chi connectivity index (χ1v) is 12.4. The topological polar surface area (TPSA) is 136 Å². The molecule has 0 atom stereocenters. The van der Waals surface area contributed by atoms with Crippen molar-refractivity contribution >= 4 is 17.7 Å². The van der Waals surface area contributed by atoms with E-state index in [0.717, 1.165) is 25.9 Å².